The van der Waals surface area contributed by atoms with Gasteiger partial charge < -0.3 is 9.64 Å². The Morgan fingerprint density at radius 2 is 1.96 bits per heavy atom. The van der Waals surface area contributed by atoms with Crippen molar-refractivity contribution in [1.82, 2.24) is 4.90 Å². The molecule has 0 aromatic heterocycles. The van der Waals surface area contributed by atoms with E-state index in [9.17, 15) is 9.59 Å². The Morgan fingerprint density at radius 1 is 1.26 bits per heavy atom. The van der Waals surface area contributed by atoms with E-state index in [2.05, 4.69) is 0 Å². The van der Waals surface area contributed by atoms with Crippen LogP contribution in [0.25, 0.3) is 0 Å². The van der Waals surface area contributed by atoms with Crippen LogP contribution in [-0.4, -0.2) is 35.0 Å². The molecule has 0 bridgehead atoms. The molecule has 1 aliphatic carbocycles. The molecule has 3 rings (SSSR count). The summed E-state index contributed by atoms with van der Waals surface area (Å²) in [6, 6.07) is 9.99. The summed E-state index contributed by atoms with van der Waals surface area (Å²) < 4.78 is 5.91. The van der Waals surface area contributed by atoms with Crippen molar-refractivity contribution in [2.45, 2.75) is 45.4 Å². The van der Waals surface area contributed by atoms with Crippen molar-refractivity contribution in [2.24, 2.45) is 11.8 Å². The first-order valence-electron chi connectivity index (χ1n) is 8.16. The second kappa shape index (κ2) is 5.95. The van der Waals surface area contributed by atoms with Gasteiger partial charge in [-0.15, -0.1) is 0 Å². The predicted molar refractivity (Wildman–Crippen MR) is 87.3 cm³/mol. The first-order valence-corrected chi connectivity index (χ1v) is 8.16. The quantitative estimate of drug-likeness (QED) is 0.803. The van der Waals surface area contributed by atoms with Crippen molar-refractivity contribution < 1.29 is 14.3 Å². The molecule has 0 N–H and O–H groups in total. The Hall–Kier alpha value is -1.90. The zero-order valence-corrected chi connectivity index (χ0v) is 13.9. The number of carbonyl (C=O) groups is 1. The summed E-state index contributed by atoms with van der Waals surface area (Å²) in [5, 5.41) is 0. The number of likely N-dealkylation sites (tertiary alicyclic amines) is 1. The Bertz CT molecular complexity index is 640. The standard InChI is InChI=1S/C19H23NO3/c1-19(2,3)23-17-15(12-21)16(17)14-9-10-20(18(14)22)11-13-7-5-4-6-8-13/h4-8,14,16-17H,9-11H2,1-3H3/t14?,16-,17+/m1/s1. The highest BCUT2D eigenvalue weighted by molar-refractivity contribution is 5.84. The average molecular weight is 313 g/mol. The second-order valence-corrected chi connectivity index (χ2v) is 7.37. The largest absolute Gasteiger partial charge is 0.367 e. The number of benzene rings is 1. The highest BCUT2D eigenvalue weighted by Gasteiger charge is 2.57. The molecular weight excluding hydrogens is 290 g/mol. The van der Waals surface area contributed by atoms with E-state index in [1.165, 1.54) is 0 Å². The van der Waals surface area contributed by atoms with Crippen LogP contribution in [0.3, 0.4) is 0 Å². The van der Waals surface area contributed by atoms with Gasteiger partial charge in [0.2, 0.25) is 5.91 Å². The summed E-state index contributed by atoms with van der Waals surface area (Å²) in [5.74, 6) is 1.91. The lowest BCUT2D eigenvalue weighted by Gasteiger charge is -2.20. The van der Waals surface area contributed by atoms with Crippen molar-refractivity contribution >= 4 is 11.8 Å². The topological polar surface area (TPSA) is 46.6 Å². The molecule has 23 heavy (non-hydrogen) atoms. The van der Waals surface area contributed by atoms with Gasteiger partial charge >= 0.3 is 0 Å². The SMILES string of the molecule is CC(C)(C)O[C@H]1C(=C=O)[C@H]1C1CCN(Cc2ccccc2)C1=O. The molecule has 1 heterocycles. The van der Waals surface area contributed by atoms with Crippen LogP contribution < -0.4 is 0 Å². The molecule has 1 aromatic rings. The molecular formula is C19H23NO3. The summed E-state index contributed by atoms with van der Waals surface area (Å²) in [6.45, 7) is 7.26. The molecule has 3 atom stereocenters. The van der Waals surface area contributed by atoms with Crippen molar-refractivity contribution in [3.8, 4) is 0 Å². The third kappa shape index (κ3) is 3.39. The van der Waals surface area contributed by atoms with Crippen molar-refractivity contribution in [2.75, 3.05) is 6.54 Å². The van der Waals surface area contributed by atoms with Gasteiger partial charge in [-0.05, 0) is 32.8 Å². The van der Waals surface area contributed by atoms with Gasteiger partial charge in [0.25, 0.3) is 0 Å². The van der Waals surface area contributed by atoms with Crippen LogP contribution in [0.2, 0.25) is 0 Å². The summed E-state index contributed by atoms with van der Waals surface area (Å²) in [4.78, 5) is 25.7. The van der Waals surface area contributed by atoms with Crippen LogP contribution in [0.1, 0.15) is 32.8 Å². The van der Waals surface area contributed by atoms with E-state index in [0.717, 1.165) is 18.5 Å². The number of nitrogens with zero attached hydrogens (tertiary/aromatic N) is 1. The van der Waals surface area contributed by atoms with E-state index in [1.807, 2.05) is 61.9 Å². The number of hydrogen-bond acceptors (Lipinski definition) is 3. The van der Waals surface area contributed by atoms with Gasteiger partial charge in [-0.25, -0.2) is 4.79 Å². The smallest absolute Gasteiger partial charge is 0.226 e. The minimum atomic E-state index is -0.326. The van der Waals surface area contributed by atoms with Crippen LogP contribution in [0, 0.1) is 11.8 Å². The van der Waals surface area contributed by atoms with Crippen LogP contribution in [0.15, 0.2) is 35.9 Å². The minimum absolute atomic E-state index is 0.0833. The number of carbonyl (C=O) groups excluding carboxylic acids is 2. The number of rotatable bonds is 4. The Kier molecular flexibility index (Phi) is 4.13. The molecule has 4 nitrogen and oxygen atoms in total. The first kappa shape index (κ1) is 16.0. The Balaban J connectivity index is 1.66. The first-order chi connectivity index (χ1) is 10.9. The van der Waals surface area contributed by atoms with Crippen LogP contribution in [0.4, 0.5) is 0 Å². The van der Waals surface area contributed by atoms with Gasteiger partial charge in [-0.1, -0.05) is 30.3 Å². The lowest BCUT2D eigenvalue weighted by molar-refractivity contribution is -0.132. The number of amides is 1. The number of hydrogen-bond donors (Lipinski definition) is 0. The van der Waals surface area contributed by atoms with Gasteiger partial charge in [0.1, 0.15) is 5.94 Å². The molecule has 1 aliphatic heterocycles. The highest BCUT2D eigenvalue weighted by Crippen LogP contribution is 2.49. The maximum atomic E-state index is 12.7. The van der Waals surface area contributed by atoms with Crippen molar-refractivity contribution in [1.29, 1.82) is 0 Å². The van der Waals surface area contributed by atoms with Gasteiger partial charge in [0.05, 0.1) is 17.6 Å². The molecule has 1 aromatic carbocycles. The van der Waals surface area contributed by atoms with Crippen LogP contribution >= 0.6 is 0 Å². The summed E-state index contributed by atoms with van der Waals surface area (Å²) in [5.41, 5.74) is 1.43. The van der Waals surface area contributed by atoms with Crippen molar-refractivity contribution in [3.05, 3.63) is 41.5 Å². The monoisotopic (exact) mass is 313 g/mol. The third-order valence-corrected chi connectivity index (χ3v) is 4.47. The Morgan fingerprint density at radius 3 is 2.57 bits per heavy atom. The van der Waals surface area contributed by atoms with Crippen LogP contribution in [0.5, 0.6) is 0 Å². The lowest BCUT2D eigenvalue weighted by atomic mass is 10.0. The fourth-order valence-electron chi connectivity index (χ4n) is 3.39. The maximum Gasteiger partial charge on any atom is 0.226 e. The van der Waals surface area contributed by atoms with E-state index in [0.29, 0.717) is 12.1 Å². The molecule has 1 saturated carbocycles. The Labute approximate surface area is 137 Å². The van der Waals surface area contributed by atoms with E-state index in [4.69, 9.17) is 4.74 Å². The predicted octanol–water partition coefficient (Wildman–Crippen LogP) is 2.61. The fourth-order valence-corrected chi connectivity index (χ4v) is 3.39. The van der Waals surface area contributed by atoms with Crippen molar-refractivity contribution in [3.63, 3.8) is 0 Å². The fraction of sp³-hybridized carbons (Fsp3) is 0.526. The average Bonchev–Trinajstić information content (AvgIpc) is 3.04. The molecule has 2 aliphatic rings. The molecule has 0 spiro atoms. The molecule has 1 unspecified atom stereocenters. The molecule has 122 valence electrons. The van der Waals surface area contributed by atoms with E-state index >= 15 is 0 Å². The maximum absolute atomic E-state index is 12.7. The van der Waals surface area contributed by atoms with Crippen LogP contribution in [-0.2, 0) is 20.9 Å². The van der Waals surface area contributed by atoms with E-state index < -0.39 is 0 Å². The summed E-state index contributed by atoms with van der Waals surface area (Å²) in [7, 11) is 0. The zero-order valence-electron chi connectivity index (χ0n) is 13.9. The molecule has 4 heteroatoms. The lowest BCUT2D eigenvalue weighted by Crippen LogP contribution is -2.28. The third-order valence-electron chi connectivity index (χ3n) is 4.47. The summed E-state index contributed by atoms with van der Waals surface area (Å²) in [6.07, 6.45) is 0.545. The van der Waals surface area contributed by atoms with E-state index in [-0.39, 0.29) is 29.4 Å². The summed E-state index contributed by atoms with van der Waals surface area (Å²) >= 11 is 0. The van der Waals surface area contributed by atoms with Gasteiger partial charge in [-0.3, -0.25) is 4.79 Å². The normalized spacial score (nSPS) is 27.3. The second-order valence-electron chi connectivity index (χ2n) is 7.37. The van der Waals surface area contributed by atoms with Gasteiger partial charge in [-0.2, -0.15) is 0 Å². The molecule has 1 amide bonds. The van der Waals surface area contributed by atoms with Gasteiger partial charge in [0, 0.05) is 24.6 Å². The highest BCUT2D eigenvalue weighted by atomic mass is 16.5. The molecule has 0 radical (unpaired) electrons. The van der Waals surface area contributed by atoms with Gasteiger partial charge in [0.15, 0.2) is 0 Å². The molecule has 2 fully saturated rings. The minimum Gasteiger partial charge on any atom is -0.367 e. The van der Waals surface area contributed by atoms with E-state index in [1.54, 1.807) is 0 Å². The molecule has 1 saturated heterocycles. The number of ether oxygens (including phenoxy) is 1. The zero-order chi connectivity index (χ0) is 16.6.